The second kappa shape index (κ2) is 10.5. The first-order chi connectivity index (χ1) is 11.6. The van der Waals surface area contributed by atoms with Gasteiger partial charge in [-0.3, -0.25) is 4.79 Å². The van der Waals surface area contributed by atoms with Crippen LogP contribution >= 0.6 is 12.4 Å². The van der Waals surface area contributed by atoms with Gasteiger partial charge in [-0.2, -0.15) is 0 Å². The molecule has 1 unspecified atom stereocenters. The third-order valence-electron chi connectivity index (χ3n) is 3.46. The lowest BCUT2D eigenvalue weighted by atomic mass is 10.1. The fourth-order valence-corrected chi connectivity index (χ4v) is 2.12. The molecule has 1 heterocycles. The Morgan fingerprint density at radius 1 is 1.28 bits per heavy atom. The molecule has 0 bridgehead atoms. The Morgan fingerprint density at radius 3 is 2.68 bits per heavy atom. The van der Waals surface area contributed by atoms with Gasteiger partial charge in [0.05, 0.1) is 13.2 Å². The summed E-state index contributed by atoms with van der Waals surface area (Å²) in [7, 11) is 1.60. The molecule has 1 aromatic heterocycles. The molecule has 6 nitrogen and oxygen atoms in total. The van der Waals surface area contributed by atoms with Gasteiger partial charge < -0.3 is 20.5 Å². The van der Waals surface area contributed by atoms with E-state index in [9.17, 15) is 4.79 Å². The molecule has 0 spiro atoms. The van der Waals surface area contributed by atoms with Crippen LogP contribution in [0.15, 0.2) is 42.6 Å². The number of carbonyl (C=O) groups is 1. The third-order valence-corrected chi connectivity index (χ3v) is 3.46. The number of nitrogens with one attached hydrogen (secondary N) is 1. The van der Waals surface area contributed by atoms with Crippen LogP contribution in [0.1, 0.15) is 25.3 Å². The second-order valence-electron chi connectivity index (χ2n) is 5.40. The van der Waals surface area contributed by atoms with Gasteiger partial charge in [0.25, 0.3) is 0 Å². The first-order valence-corrected chi connectivity index (χ1v) is 7.92. The predicted molar refractivity (Wildman–Crippen MR) is 99.3 cm³/mol. The molecular formula is C18H24ClN3O3. The van der Waals surface area contributed by atoms with Crippen molar-refractivity contribution in [2.24, 2.45) is 5.73 Å². The van der Waals surface area contributed by atoms with Gasteiger partial charge in [-0.05, 0) is 24.1 Å². The molecule has 0 fully saturated rings. The highest BCUT2D eigenvalue weighted by Crippen LogP contribution is 2.23. The normalized spacial score (nSPS) is 11.2. The summed E-state index contributed by atoms with van der Waals surface area (Å²) in [5.74, 6) is 1.69. The van der Waals surface area contributed by atoms with Crippen LogP contribution in [0, 0.1) is 0 Å². The maximum absolute atomic E-state index is 11.8. The Morgan fingerprint density at radius 2 is 2.04 bits per heavy atom. The molecule has 7 heteroatoms. The summed E-state index contributed by atoms with van der Waals surface area (Å²) in [6.45, 7) is 2.39. The van der Waals surface area contributed by atoms with Gasteiger partial charge in [0.1, 0.15) is 11.5 Å². The number of benzene rings is 1. The van der Waals surface area contributed by atoms with Gasteiger partial charge in [-0.25, -0.2) is 4.98 Å². The molecule has 2 aromatic rings. The summed E-state index contributed by atoms with van der Waals surface area (Å²) < 4.78 is 10.8. The topological polar surface area (TPSA) is 86.5 Å². The smallest absolute Gasteiger partial charge is 0.237 e. The molecule has 1 atom stereocenters. The lowest BCUT2D eigenvalue weighted by molar-refractivity contribution is -0.122. The Labute approximate surface area is 154 Å². The number of hydrogen-bond donors (Lipinski definition) is 2. The number of nitrogens with zero attached hydrogens (tertiary/aromatic N) is 1. The van der Waals surface area contributed by atoms with Crippen LogP contribution in [0.2, 0.25) is 0 Å². The molecule has 0 aliphatic rings. The fourth-order valence-electron chi connectivity index (χ4n) is 2.12. The van der Waals surface area contributed by atoms with Crippen molar-refractivity contribution >= 4 is 18.3 Å². The van der Waals surface area contributed by atoms with Crippen molar-refractivity contribution in [3.05, 3.63) is 48.2 Å². The third kappa shape index (κ3) is 6.60. The Bertz CT molecular complexity index is 665. The molecule has 3 N–H and O–H groups in total. The number of halogens is 1. The molecule has 2 rings (SSSR count). The maximum atomic E-state index is 11.8. The van der Waals surface area contributed by atoms with Crippen molar-refractivity contribution in [1.29, 1.82) is 0 Å². The van der Waals surface area contributed by atoms with E-state index >= 15 is 0 Å². The standard InChI is InChI=1S/C18H23N3O3.ClH/c1-3-5-16(19)18(22)21-12-13-8-9-17(20-11-13)24-15-7-4-6-14(10-15)23-2;/h4,6-11,16H,3,5,12,19H2,1-2H3,(H,21,22);1H. The number of rotatable bonds is 8. The Balaban J connectivity index is 0.00000312. The van der Waals surface area contributed by atoms with Gasteiger partial charge in [-0.1, -0.05) is 25.5 Å². The highest BCUT2D eigenvalue weighted by atomic mass is 35.5. The van der Waals surface area contributed by atoms with Crippen LogP contribution in [0.4, 0.5) is 0 Å². The highest BCUT2D eigenvalue weighted by Gasteiger charge is 2.11. The zero-order chi connectivity index (χ0) is 17.4. The van der Waals surface area contributed by atoms with Crippen molar-refractivity contribution < 1.29 is 14.3 Å². The number of aromatic nitrogens is 1. The summed E-state index contributed by atoms with van der Waals surface area (Å²) >= 11 is 0. The van der Waals surface area contributed by atoms with Crippen molar-refractivity contribution in [2.75, 3.05) is 7.11 Å². The lowest BCUT2D eigenvalue weighted by Gasteiger charge is -2.11. The summed E-state index contributed by atoms with van der Waals surface area (Å²) in [6, 6.07) is 10.4. The lowest BCUT2D eigenvalue weighted by Crippen LogP contribution is -2.40. The summed E-state index contributed by atoms with van der Waals surface area (Å²) in [5, 5.41) is 2.81. The average molecular weight is 366 g/mol. The van der Waals surface area contributed by atoms with Crippen LogP contribution in [0.25, 0.3) is 0 Å². The van der Waals surface area contributed by atoms with E-state index in [0.717, 1.165) is 17.7 Å². The van der Waals surface area contributed by atoms with Crippen LogP contribution in [-0.4, -0.2) is 24.0 Å². The number of nitrogens with two attached hydrogens (primary N) is 1. The van der Waals surface area contributed by atoms with Crippen LogP contribution < -0.4 is 20.5 Å². The van der Waals surface area contributed by atoms with Crippen LogP contribution in [0.5, 0.6) is 17.4 Å². The minimum Gasteiger partial charge on any atom is -0.497 e. The quantitative estimate of drug-likeness (QED) is 0.750. The number of pyridine rings is 1. The van der Waals surface area contributed by atoms with Crippen molar-refractivity contribution in [3.8, 4) is 17.4 Å². The molecule has 136 valence electrons. The van der Waals surface area contributed by atoms with E-state index in [-0.39, 0.29) is 18.3 Å². The number of methoxy groups -OCH3 is 1. The zero-order valence-electron chi connectivity index (χ0n) is 14.4. The molecule has 0 radical (unpaired) electrons. The van der Waals surface area contributed by atoms with Crippen molar-refractivity contribution in [2.45, 2.75) is 32.4 Å². The van der Waals surface area contributed by atoms with Crippen LogP contribution in [0.3, 0.4) is 0 Å². The van der Waals surface area contributed by atoms with E-state index in [1.54, 1.807) is 25.4 Å². The zero-order valence-corrected chi connectivity index (χ0v) is 15.2. The minimum atomic E-state index is -0.460. The predicted octanol–water partition coefficient (Wildman–Crippen LogP) is 3.05. The minimum absolute atomic E-state index is 0. The number of hydrogen-bond acceptors (Lipinski definition) is 5. The van der Waals surface area contributed by atoms with Gasteiger partial charge in [-0.15, -0.1) is 12.4 Å². The molecule has 0 saturated carbocycles. The summed E-state index contributed by atoms with van der Waals surface area (Å²) in [4.78, 5) is 16.0. The molecule has 0 saturated heterocycles. The van der Waals surface area contributed by atoms with E-state index in [1.807, 2.05) is 31.2 Å². The van der Waals surface area contributed by atoms with Gasteiger partial charge in [0, 0.05) is 24.9 Å². The molecular weight excluding hydrogens is 342 g/mol. The van der Waals surface area contributed by atoms with Gasteiger partial charge >= 0.3 is 0 Å². The molecule has 25 heavy (non-hydrogen) atoms. The number of amides is 1. The maximum Gasteiger partial charge on any atom is 0.237 e. The van der Waals surface area contributed by atoms with Gasteiger partial charge in [0.15, 0.2) is 0 Å². The summed E-state index contributed by atoms with van der Waals surface area (Å²) in [5.41, 5.74) is 6.65. The number of carbonyl (C=O) groups excluding carboxylic acids is 1. The van der Waals surface area contributed by atoms with E-state index in [1.165, 1.54) is 0 Å². The van der Waals surface area contributed by atoms with E-state index in [2.05, 4.69) is 10.3 Å². The number of ether oxygens (including phenoxy) is 2. The average Bonchev–Trinajstić information content (AvgIpc) is 2.61. The van der Waals surface area contributed by atoms with E-state index in [0.29, 0.717) is 24.6 Å². The largest absolute Gasteiger partial charge is 0.497 e. The molecule has 0 aliphatic heterocycles. The first-order valence-electron chi connectivity index (χ1n) is 7.92. The van der Waals surface area contributed by atoms with Crippen molar-refractivity contribution in [3.63, 3.8) is 0 Å². The second-order valence-corrected chi connectivity index (χ2v) is 5.40. The van der Waals surface area contributed by atoms with Gasteiger partial charge in [0.2, 0.25) is 11.8 Å². The SMILES string of the molecule is CCCC(N)C(=O)NCc1ccc(Oc2cccc(OC)c2)nc1.Cl. The highest BCUT2D eigenvalue weighted by molar-refractivity contribution is 5.85. The van der Waals surface area contributed by atoms with Crippen molar-refractivity contribution in [1.82, 2.24) is 10.3 Å². The summed E-state index contributed by atoms with van der Waals surface area (Å²) in [6.07, 6.45) is 3.23. The molecule has 0 aliphatic carbocycles. The van der Waals surface area contributed by atoms with E-state index < -0.39 is 6.04 Å². The fraction of sp³-hybridized carbons (Fsp3) is 0.333. The van der Waals surface area contributed by atoms with Crippen LogP contribution in [-0.2, 0) is 11.3 Å². The Hall–Kier alpha value is -2.31. The van der Waals surface area contributed by atoms with E-state index in [4.69, 9.17) is 15.2 Å². The first kappa shape index (κ1) is 20.7. The molecule has 1 aromatic carbocycles. The monoisotopic (exact) mass is 365 g/mol. The molecule has 1 amide bonds. The Kier molecular flexibility index (Phi) is 8.74.